The van der Waals surface area contributed by atoms with Gasteiger partial charge in [-0.1, -0.05) is 35.9 Å². The molecule has 0 bridgehead atoms. The third kappa shape index (κ3) is 2.53. The summed E-state index contributed by atoms with van der Waals surface area (Å²) >= 11 is 5.86. The van der Waals surface area contributed by atoms with Crippen molar-refractivity contribution in [1.82, 2.24) is 0 Å². The molecular formula is C14H12ClFO2. The van der Waals surface area contributed by atoms with Crippen LogP contribution in [-0.2, 0) is 6.61 Å². The van der Waals surface area contributed by atoms with E-state index in [2.05, 4.69) is 0 Å². The summed E-state index contributed by atoms with van der Waals surface area (Å²) in [4.78, 5) is 0. The lowest BCUT2D eigenvalue weighted by Gasteiger charge is -2.16. The largest absolute Gasteiger partial charge is 0.392 e. The molecule has 0 aliphatic heterocycles. The van der Waals surface area contributed by atoms with Crippen LogP contribution >= 0.6 is 11.6 Å². The van der Waals surface area contributed by atoms with Gasteiger partial charge in [0.2, 0.25) is 0 Å². The number of benzene rings is 2. The second kappa shape index (κ2) is 5.48. The Kier molecular flexibility index (Phi) is 3.97. The van der Waals surface area contributed by atoms with Crippen LogP contribution in [0.4, 0.5) is 4.39 Å². The van der Waals surface area contributed by atoms with Gasteiger partial charge >= 0.3 is 0 Å². The normalized spacial score (nSPS) is 12.4. The van der Waals surface area contributed by atoms with Crippen LogP contribution in [0.5, 0.6) is 0 Å². The van der Waals surface area contributed by atoms with Gasteiger partial charge in [0.05, 0.1) is 6.61 Å². The van der Waals surface area contributed by atoms with E-state index in [4.69, 9.17) is 11.6 Å². The minimum Gasteiger partial charge on any atom is -0.392 e. The van der Waals surface area contributed by atoms with E-state index in [-0.39, 0.29) is 12.2 Å². The number of aliphatic hydroxyl groups excluding tert-OH is 2. The lowest BCUT2D eigenvalue weighted by atomic mass is 9.97. The highest BCUT2D eigenvalue weighted by Crippen LogP contribution is 2.29. The summed E-state index contributed by atoms with van der Waals surface area (Å²) in [6, 6.07) is 10.7. The quantitative estimate of drug-likeness (QED) is 0.896. The van der Waals surface area contributed by atoms with Gasteiger partial charge in [0.1, 0.15) is 11.9 Å². The fourth-order valence-electron chi connectivity index (χ4n) is 1.83. The third-order valence-electron chi connectivity index (χ3n) is 2.77. The standard InChI is InChI=1S/C14H12ClFO2/c15-10-6-5-9(8-17)12(7-10)14(18)11-3-1-2-4-13(11)16/h1-7,14,17-18H,8H2. The van der Waals surface area contributed by atoms with Gasteiger partial charge in [-0.15, -0.1) is 0 Å². The Morgan fingerprint density at radius 2 is 1.83 bits per heavy atom. The molecule has 0 spiro atoms. The van der Waals surface area contributed by atoms with Crippen molar-refractivity contribution in [3.05, 3.63) is 70.0 Å². The van der Waals surface area contributed by atoms with Crippen LogP contribution < -0.4 is 0 Å². The number of aliphatic hydroxyl groups is 2. The Morgan fingerprint density at radius 1 is 1.11 bits per heavy atom. The lowest BCUT2D eigenvalue weighted by Crippen LogP contribution is -2.06. The first kappa shape index (κ1) is 13.0. The van der Waals surface area contributed by atoms with Crippen molar-refractivity contribution in [2.75, 3.05) is 0 Å². The van der Waals surface area contributed by atoms with E-state index < -0.39 is 11.9 Å². The Bertz CT molecular complexity index is 557. The Labute approximate surface area is 109 Å². The molecule has 0 amide bonds. The van der Waals surface area contributed by atoms with Gasteiger partial charge < -0.3 is 10.2 Å². The summed E-state index contributed by atoms with van der Waals surface area (Å²) in [5.41, 5.74) is 1.10. The second-order valence-electron chi connectivity index (χ2n) is 3.93. The fourth-order valence-corrected chi connectivity index (χ4v) is 2.01. The number of hydrogen-bond donors (Lipinski definition) is 2. The number of halogens is 2. The van der Waals surface area contributed by atoms with Crippen molar-refractivity contribution < 1.29 is 14.6 Å². The molecule has 2 aromatic rings. The molecule has 2 aromatic carbocycles. The van der Waals surface area contributed by atoms with Crippen molar-refractivity contribution in [2.45, 2.75) is 12.7 Å². The Balaban J connectivity index is 2.48. The van der Waals surface area contributed by atoms with Crippen LogP contribution in [-0.4, -0.2) is 10.2 Å². The van der Waals surface area contributed by atoms with E-state index in [1.165, 1.54) is 18.2 Å². The Hall–Kier alpha value is -1.42. The smallest absolute Gasteiger partial charge is 0.129 e. The van der Waals surface area contributed by atoms with Crippen LogP contribution in [0.15, 0.2) is 42.5 Å². The monoisotopic (exact) mass is 266 g/mol. The van der Waals surface area contributed by atoms with Crippen LogP contribution in [0, 0.1) is 5.82 Å². The van der Waals surface area contributed by atoms with Crippen molar-refractivity contribution in [1.29, 1.82) is 0 Å². The average molecular weight is 267 g/mol. The predicted molar refractivity (Wildman–Crippen MR) is 67.8 cm³/mol. The summed E-state index contributed by atoms with van der Waals surface area (Å²) < 4.78 is 13.6. The van der Waals surface area contributed by atoms with Gasteiger partial charge in [0.25, 0.3) is 0 Å². The van der Waals surface area contributed by atoms with E-state index in [1.54, 1.807) is 24.3 Å². The molecule has 1 unspecified atom stereocenters. The van der Waals surface area contributed by atoms with Gasteiger partial charge in [0.15, 0.2) is 0 Å². The minimum absolute atomic E-state index is 0.162. The van der Waals surface area contributed by atoms with E-state index in [0.717, 1.165) is 0 Å². The highest BCUT2D eigenvalue weighted by atomic mass is 35.5. The van der Waals surface area contributed by atoms with Crippen molar-refractivity contribution in [2.24, 2.45) is 0 Å². The SMILES string of the molecule is OCc1ccc(Cl)cc1C(O)c1ccccc1F. The summed E-state index contributed by atoms with van der Waals surface area (Å²) in [5.74, 6) is -0.492. The molecule has 0 radical (unpaired) electrons. The molecule has 1 atom stereocenters. The van der Waals surface area contributed by atoms with Crippen LogP contribution in [0.25, 0.3) is 0 Å². The Morgan fingerprint density at radius 3 is 2.50 bits per heavy atom. The molecule has 0 fully saturated rings. The third-order valence-corrected chi connectivity index (χ3v) is 3.01. The van der Waals surface area contributed by atoms with Crippen molar-refractivity contribution in [3.63, 3.8) is 0 Å². The highest BCUT2D eigenvalue weighted by molar-refractivity contribution is 6.30. The van der Waals surface area contributed by atoms with Crippen molar-refractivity contribution >= 4 is 11.6 Å². The van der Waals surface area contributed by atoms with Crippen molar-refractivity contribution in [3.8, 4) is 0 Å². The maximum absolute atomic E-state index is 13.6. The molecule has 0 aromatic heterocycles. The zero-order valence-electron chi connectivity index (χ0n) is 9.48. The fraction of sp³-hybridized carbons (Fsp3) is 0.143. The molecule has 0 heterocycles. The summed E-state index contributed by atoms with van der Waals surface area (Å²) in [6.45, 7) is -0.238. The predicted octanol–water partition coefficient (Wildman–Crippen LogP) is 3.05. The second-order valence-corrected chi connectivity index (χ2v) is 4.36. The van der Waals surface area contributed by atoms with Crippen LogP contribution in [0.2, 0.25) is 5.02 Å². The van der Waals surface area contributed by atoms with E-state index >= 15 is 0 Å². The van der Waals surface area contributed by atoms with Gasteiger partial charge in [-0.3, -0.25) is 0 Å². The molecule has 4 heteroatoms. The first-order valence-corrected chi connectivity index (χ1v) is 5.83. The topological polar surface area (TPSA) is 40.5 Å². The van der Waals surface area contributed by atoms with Gasteiger partial charge in [-0.25, -0.2) is 4.39 Å². The molecule has 0 aliphatic carbocycles. The molecule has 0 saturated carbocycles. The maximum Gasteiger partial charge on any atom is 0.129 e. The maximum atomic E-state index is 13.6. The number of hydrogen-bond acceptors (Lipinski definition) is 2. The van der Waals surface area contributed by atoms with E-state index in [1.807, 2.05) is 0 Å². The molecule has 2 nitrogen and oxygen atoms in total. The van der Waals surface area contributed by atoms with E-state index in [0.29, 0.717) is 16.1 Å². The summed E-state index contributed by atoms with van der Waals surface area (Å²) in [5, 5.41) is 19.9. The highest BCUT2D eigenvalue weighted by Gasteiger charge is 2.17. The van der Waals surface area contributed by atoms with Gasteiger partial charge in [-0.05, 0) is 29.3 Å². The molecule has 2 N–H and O–H groups in total. The molecular weight excluding hydrogens is 255 g/mol. The van der Waals surface area contributed by atoms with Gasteiger partial charge in [-0.2, -0.15) is 0 Å². The van der Waals surface area contributed by atoms with Gasteiger partial charge in [0, 0.05) is 10.6 Å². The summed E-state index contributed by atoms with van der Waals surface area (Å²) in [6.07, 6.45) is -1.15. The first-order chi connectivity index (χ1) is 8.63. The first-order valence-electron chi connectivity index (χ1n) is 5.45. The van der Waals surface area contributed by atoms with Crippen LogP contribution in [0.1, 0.15) is 22.8 Å². The molecule has 2 rings (SSSR count). The zero-order valence-corrected chi connectivity index (χ0v) is 10.2. The lowest BCUT2D eigenvalue weighted by molar-refractivity contribution is 0.208. The zero-order chi connectivity index (χ0) is 13.1. The number of rotatable bonds is 3. The van der Waals surface area contributed by atoms with E-state index in [9.17, 15) is 14.6 Å². The van der Waals surface area contributed by atoms with Crippen LogP contribution in [0.3, 0.4) is 0 Å². The summed E-state index contributed by atoms with van der Waals surface area (Å²) in [7, 11) is 0. The molecule has 0 saturated heterocycles. The average Bonchev–Trinajstić information content (AvgIpc) is 2.38. The molecule has 0 aliphatic rings. The molecule has 18 heavy (non-hydrogen) atoms. The minimum atomic E-state index is -1.15. The molecule has 94 valence electrons.